The van der Waals surface area contributed by atoms with Crippen LogP contribution in [-0.2, 0) is 13.0 Å². The molecule has 1 aromatic carbocycles. The summed E-state index contributed by atoms with van der Waals surface area (Å²) in [6.45, 7) is 0.884. The molecule has 0 bridgehead atoms. The Labute approximate surface area is 103 Å². The molecule has 0 saturated heterocycles. The topological polar surface area (TPSA) is 38.1 Å². The molecule has 1 heterocycles. The number of nitrogens with zero attached hydrogens (tertiary/aromatic N) is 2. The van der Waals surface area contributed by atoms with Crippen LogP contribution in [0.5, 0.6) is 0 Å². The minimum atomic E-state index is 0.146. The molecule has 0 aliphatic heterocycles. The van der Waals surface area contributed by atoms with E-state index in [1.54, 1.807) is 0 Å². The molecule has 1 aromatic heterocycles. The first-order valence-corrected chi connectivity index (χ1v) is 5.96. The highest BCUT2D eigenvalue weighted by atomic mass is 79.9. The van der Waals surface area contributed by atoms with Gasteiger partial charge in [-0.05, 0) is 27.6 Å². The third-order valence-corrected chi connectivity index (χ3v) is 2.76. The quantitative estimate of drug-likeness (QED) is 0.933. The number of rotatable bonds is 4. The van der Waals surface area contributed by atoms with Gasteiger partial charge >= 0.3 is 0 Å². The maximum atomic E-state index is 8.96. The van der Waals surface area contributed by atoms with Gasteiger partial charge < -0.3 is 5.11 Å². The van der Waals surface area contributed by atoms with Crippen LogP contribution in [0, 0.1) is 0 Å². The van der Waals surface area contributed by atoms with Gasteiger partial charge in [-0.3, -0.25) is 4.68 Å². The number of hydrogen-bond donors (Lipinski definition) is 1. The highest BCUT2D eigenvalue weighted by molar-refractivity contribution is 9.10. The fraction of sp³-hybridized carbons (Fsp3) is 0.250. The van der Waals surface area contributed by atoms with Gasteiger partial charge in [0, 0.05) is 18.7 Å². The van der Waals surface area contributed by atoms with Gasteiger partial charge in [-0.15, -0.1) is 0 Å². The number of hydrogen-bond acceptors (Lipinski definition) is 2. The third-order valence-electron chi connectivity index (χ3n) is 2.38. The molecule has 2 aromatic rings. The summed E-state index contributed by atoms with van der Waals surface area (Å²) in [7, 11) is 0. The van der Waals surface area contributed by atoms with Crippen molar-refractivity contribution in [2.75, 3.05) is 6.61 Å². The normalized spacial score (nSPS) is 10.6. The third kappa shape index (κ3) is 2.71. The van der Waals surface area contributed by atoms with E-state index in [4.69, 9.17) is 5.11 Å². The average Bonchev–Trinajstić information content (AvgIpc) is 2.61. The Morgan fingerprint density at radius 1 is 1.25 bits per heavy atom. The van der Waals surface area contributed by atoms with Crippen molar-refractivity contribution >= 4 is 15.9 Å². The molecule has 0 atom stereocenters. The zero-order valence-electron chi connectivity index (χ0n) is 8.81. The summed E-state index contributed by atoms with van der Waals surface area (Å²) in [4.78, 5) is 0. The van der Waals surface area contributed by atoms with Crippen LogP contribution >= 0.6 is 15.9 Å². The Kier molecular flexibility index (Phi) is 3.74. The zero-order valence-corrected chi connectivity index (χ0v) is 10.4. The van der Waals surface area contributed by atoms with Crippen LogP contribution in [0.2, 0.25) is 0 Å². The maximum absolute atomic E-state index is 8.96. The molecule has 4 heteroatoms. The van der Waals surface area contributed by atoms with Crippen LogP contribution in [0.25, 0.3) is 0 Å². The van der Waals surface area contributed by atoms with Gasteiger partial charge in [0.2, 0.25) is 0 Å². The van der Waals surface area contributed by atoms with E-state index in [-0.39, 0.29) is 6.61 Å². The van der Waals surface area contributed by atoms with Crippen LogP contribution in [0.3, 0.4) is 0 Å². The van der Waals surface area contributed by atoms with Gasteiger partial charge in [0.15, 0.2) is 0 Å². The second-order valence-electron chi connectivity index (χ2n) is 3.58. The lowest BCUT2D eigenvalue weighted by atomic mass is 10.2. The first-order chi connectivity index (χ1) is 7.79. The molecule has 16 heavy (non-hydrogen) atoms. The van der Waals surface area contributed by atoms with Crippen LogP contribution in [0.15, 0.2) is 41.0 Å². The first kappa shape index (κ1) is 11.4. The largest absolute Gasteiger partial charge is 0.396 e. The predicted molar refractivity (Wildman–Crippen MR) is 66.3 cm³/mol. The fourth-order valence-electron chi connectivity index (χ4n) is 1.63. The molecule has 0 saturated carbocycles. The number of halogens is 1. The lowest BCUT2D eigenvalue weighted by Crippen LogP contribution is -2.07. The molecule has 0 spiro atoms. The van der Waals surface area contributed by atoms with Crippen LogP contribution < -0.4 is 0 Å². The Hall–Kier alpha value is -1.13. The summed E-state index contributed by atoms with van der Waals surface area (Å²) >= 11 is 3.35. The molecule has 0 radical (unpaired) electrons. The highest BCUT2D eigenvalue weighted by Crippen LogP contribution is 2.13. The van der Waals surface area contributed by atoms with Crippen molar-refractivity contribution in [1.29, 1.82) is 0 Å². The molecule has 2 rings (SSSR count). The van der Waals surface area contributed by atoms with Crippen molar-refractivity contribution < 1.29 is 5.11 Å². The van der Waals surface area contributed by atoms with E-state index in [1.165, 1.54) is 5.56 Å². The molecule has 3 nitrogen and oxygen atoms in total. The lowest BCUT2D eigenvalue weighted by molar-refractivity contribution is 0.295. The van der Waals surface area contributed by atoms with E-state index in [0.29, 0.717) is 6.42 Å². The number of aliphatic hydroxyl groups is 1. The van der Waals surface area contributed by atoms with Crippen LogP contribution in [0.4, 0.5) is 0 Å². The van der Waals surface area contributed by atoms with Crippen molar-refractivity contribution in [2.24, 2.45) is 0 Å². The summed E-state index contributed by atoms with van der Waals surface area (Å²) < 4.78 is 2.72. The van der Waals surface area contributed by atoms with E-state index in [1.807, 2.05) is 28.9 Å². The van der Waals surface area contributed by atoms with E-state index >= 15 is 0 Å². The smallest absolute Gasteiger partial charge is 0.128 e. The van der Waals surface area contributed by atoms with Gasteiger partial charge in [0.05, 0.1) is 6.54 Å². The van der Waals surface area contributed by atoms with Gasteiger partial charge in [-0.25, -0.2) is 0 Å². The number of aromatic nitrogens is 2. The maximum Gasteiger partial charge on any atom is 0.128 e. The van der Waals surface area contributed by atoms with E-state index in [2.05, 4.69) is 33.2 Å². The highest BCUT2D eigenvalue weighted by Gasteiger charge is 2.05. The van der Waals surface area contributed by atoms with E-state index < -0.39 is 0 Å². The van der Waals surface area contributed by atoms with Crippen molar-refractivity contribution in [1.82, 2.24) is 9.78 Å². The van der Waals surface area contributed by atoms with E-state index in [0.717, 1.165) is 16.8 Å². The molecular weight excluding hydrogens is 268 g/mol. The lowest BCUT2D eigenvalue weighted by Gasteiger charge is -2.06. The number of aliphatic hydroxyl groups excluding tert-OH is 1. The summed E-state index contributed by atoms with van der Waals surface area (Å²) in [6.07, 6.45) is 0.630. The Balaban J connectivity index is 2.20. The average molecular weight is 281 g/mol. The first-order valence-electron chi connectivity index (χ1n) is 5.16. The minimum Gasteiger partial charge on any atom is -0.396 e. The second kappa shape index (κ2) is 5.27. The van der Waals surface area contributed by atoms with Crippen molar-refractivity contribution in [3.8, 4) is 0 Å². The second-order valence-corrected chi connectivity index (χ2v) is 4.39. The Morgan fingerprint density at radius 3 is 2.69 bits per heavy atom. The molecule has 0 fully saturated rings. The monoisotopic (exact) mass is 280 g/mol. The van der Waals surface area contributed by atoms with Gasteiger partial charge in [-0.1, -0.05) is 30.3 Å². The van der Waals surface area contributed by atoms with Crippen molar-refractivity contribution in [3.63, 3.8) is 0 Å². The van der Waals surface area contributed by atoms with Crippen LogP contribution in [-0.4, -0.2) is 21.5 Å². The van der Waals surface area contributed by atoms with Gasteiger partial charge in [0.1, 0.15) is 4.60 Å². The SMILES string of the molecule is OCCc1cc(Br)nn1Cc1ccccc1. The summed E-state index contributed by atoms with van der Waals surface area (Å²) in [5.41, 5.74) is 2.25. The summed E-state index contributed by atoms with van der Waals surface area (Å²) in [5, 5.41) is 13.3. The summed E-state index contributed by atoms with van der Waals surface area (Å²) in [5.74, 6) is 0. The fourth-order valence-corrected chi connectivity index (χ4v) is 2.09. The number of benzene rings is 1. The van der Waals surface area contributed by atoms with Gasteiger partial charge in [-0.2, -0.15) is 5.10 Å². The van der Waals surface area contributed by atoms with Crippen molar-refractivity contribution in [3.05, 3.63) is 52.3 Å². The molecule has 0 amide bonds. The summed E-state index contributed by atoms with van der Waals surface area (Å²) in [6, 6.07) is 12.1. The molecule has 84 valence electrons. The Morgan fingerprint density at radius 2 is 2.00 bits per heavy atom. The molecule has 0 unspecified atom stereocenters. The molecule has 0 aliphatic carbocycles. The van der Waals surface area contributed by atoms with Crippen molar-refractivity contribution in [2.45, 2.75) is 13.0 Å². The predicted octanol–water partition coefficient (Wildman–Crippen LogP) is 2.23. The zero-order chi connectivity index (χ0) is 11.4. The van der Waals surface area contributed by atoms with Gasteiger partial charge in [0.25, 0.3) is 0 Å². The standard InChI is InChI=1S/C12H13BrN2O/c13-12-8-11(6-7-16)15(14-12)9-10-4-2-1-3-5-10/h1-5,8,16H,6-7,9H2. The molecular formula is C12H13BrN2O. The van der Waals surface area contributed by atoms with E-state index in [9.17, 15) is 0 Å². The minimum absolute atomic E-state index is 0.146. The van der Waals surface area contributed by atoms with Crippen LogP contribution in [0.1, 0.15) is 11.3 Å². The molecule has 0 aliphatic rings. The Bertz CT molecular complexity index is 453. The molecule has 1 N–H and O–H groups in total.